The first-order valence-electron chi connectivity index (χ1n) is 6.15. The molecule has 100 valence electrons. The summed E-state index contributed by atoms with van der Waals surface area (Å²) in [6.45, 7) is 0. The van der Waals surface area contributed by atoms with E-state index in [9.17, 15) is 4.79 Å². The Morgan fingerprint density at radius 2 is 2.05 bits per heavy atom. The third-order valence-corrected chi connectivity index (χ3v) is 3.87. The molecule has 2 aromatic carbocycles. The predicted molar refractivity (Wildman–Crippen MR) is 81.6 cm³/mol. The average Bonchev–Trinajstić information content (AvgIpc) is 2.83. The van der Waals surface area contributed by atoms with Crippen molar-refractivity contribution in [3.05, 3.63) is 63.9 Å². The van der Waals surface area contributed by atoms with E-state index in [1.54, 1.807) is 12.1 Å². The molecule has 5 heteroatoms. The highest BCUT2D eigenvalue weighted by atomic mass is 79.9. The number of aromatic nitrogens is 2. The molecule has 0 unspecified atom stereocenters. The van der Waals surface area contributed by atoms with Gasteiger partial charge in [-0.25, -0.2) is 4.98 Å². The van der Waals surface area contributed by atoms with E-state index in [-0.39, 0.29) is 0 Å². The molecule has 0 aliphatic carbocycles. The van der Waals surface area contributed by atoms with Crippen molar-refractivity contribution in [3.8, 4) is 0 Å². The van der Waals surface area contributed by atoms with Crippen molar-refractivity contribution in [2.45, 2.75) is 6.42 Å². The number of halogens is 1. The Balaban J connectivity index is 1.92. The van der Waals surface area contributed by atoms with Crippen LogP contribution in [0.2, 0.25) is 0 Å². The number of rotatable bonds is 3. The summed E-state index contributed by atoms with van der Waals surface area (Å²) in [4.78, 5) is 18.9. The van der Waals surface area contributed by atoms with Crippen LogP contribution in [-0.2, 0) is 6.42 Å². The molecule has 0 radical (unpaired) electrons. The van der Waals surface area contributed by atoms with Crippen LogP contribution in [0.15, 0.2) is 46.9 Å². The molecule has 20 heavy (non-hydrogen) atoms. The molecule has 1 aromatic heterocycles. The number of fused-ring (bicyclic) bond motifs is 1. The number of amides is 1. The molecule has 3 rings (SSSR count). The minimum absolute atomic E-state index is 0.430. The first-order valence-corrected chi connectivity index (χ1v) is 6.94. The minimum Gasteiger partial charge on any atom is -0.366 e. The van der Waals surface area contributed by atoms with Gasteiger partial charge in [-0.1, -0.05) is 34.1 Å². The molecule has 0 saturated carbocycles. The highest BCUT2D eigenvalue weighted by Gasteiger charge is 2.08. The zero-order valence-electron chi connectivity index (χ0n) is 10.6. The number of H-pyrrole nitrogens is 1. The van der Waals surface area contributed by atoms with E-state index in [1.807, 2.05) is 30.3 Å². The van der Waals surface area contributed by atoms with Crippen LogP contribution >= 0.6 is 15.9 Å². The fraction of sp³-hybridized carbons (Fsp3) is 0.0667. The van der Waals surface area contributed by atoms with E-state index in [0.29, 0.717) is 12.0 Å². The van der Waals surface area contributed by atoms with Crippen molar-refractivity contribution in [2.24, 2.45) is 5.73 Å². The number of nitrogens with one attached hydrogen (secondary N) is 1. The number of imidazole rings is 1. The lowest BCUT2D eigenvalue weighted by Crippen LogP contribution is -2.11. The van der Waals surface area contributed by atoms with E-state index in [4.69, 9.17) is 5.73 Å². The maximum Gasteiger partial charge on any atom is 0.248 e. The number of carbonyl (C=O) groups excluding carboxylic acids is 1. The monoisotopic (exact) mass is 329 g/mol. The Bertz CT molecular complexity index is 762. The molecule has 3 aromatic rings. The molecular formula is C15H12BrN3O. The summed E-state index contributed by atoms with van der Waals surface area (Å²) < 4.78 is 0.856. The van der Waals surface area contributed by atoms with Crippen LogP contribution in [0.25, 0.3) is 11.0 Å². The number of carbonyl (C=O) groups is 1. The Kier molecular flexibility index (Phi) is 3.28. The number of hydrogen-bond donors (Lipinski definition) is 2. The summed E-state index contributed by atoms with van der Waals surface area (Å²) in [5, 5.41) is 0. The number of benzene rings is 2. The average molecular weight is 330 g/mol. The minimum atomic E-state index is -0.430. The standard InChI is InChI=1S/C15H12BrN3O/c16-11-7-10(15(17)20)6-5-9(11)8-14-18-12-3-1-2-4-13(12)19-14/h1-7H,8H2,(H2,17,20)(H,18,19). The van der Waals surface area contributed by atoms with Gasteiger partial charge in [-0.05, 0) is 29.8 Å². The van der Waals surface area contributed by atoms with Crippen LogP contribution in [0.1, 0.15) is 21.7 Å². The van der Waals surface area contributed by atoms with Gasteiger partial charge in [0.25, 0.3) is 0 Å². The third-order valence-electron chi connectivity index (χ3n) is 3.13. The lowest BCUT2D eigenvalue weighted by atomic mass is 10.1. The first kappa shape index (κ1) is 12.9. The molecule has 0 atom stereocenters. The largest absolute Gasteiger partial charge is 0.366 e. The van der Waals surface area contributed by atoms with Gasteiger partial charge in [0.05, 0.1) is 11.0 Å². The summed E-state index contributed by atoms with van der Waals surface area (Å²) in [6.07, 6.45) is 0.661. The van der Waals surface area contributed by atoms with Gasteiger partial charge in [-0.2, -0.15) is 0 Å². The lowest BCUT2D eigenvalue weighted by molar-refractivity contribution is 0.1000. The number of aromatic amines is 1. The van der Waals surface area contributed by atoms with Crippen molar-refractivity contribution in [3.63, 3.8) is 0 Å². The van der Waals surface area contributed by atoms with Gasteiger partial charge in [-0.15, -0.1) is 0 Å². The molecular weight excluding hydrogens is 318 g/mol. The molecule has 0 saturated heterocycles. The molecule has 0 spiro atoms. The van der Waals surface area contributed by atoms with Gasteiger partial charge in [0.15, 0.2) is 0 Å². The zero-order valence-corrected chi connectivity index (χ0v) is 12.1. The van der Waals surface area contributed by atoms with Gasteiger partial charge in [0.1, 0.15) is 5.82 Å². The molecule has 1 heterocycles. The summed E-state index contributed by atoms with van der Waals surface area (Å²) in [5.74, 6) is 0.458. The molecule has 0 fully saturated rings. The van der Waals surface area contributed by atoms with Crippen LogP contribution in [0, 0.1) is 0 Å². The summed E-state index contributed by atoms with van der Waals surface area (Å²) in [6, 6.07) is 13.3. The quantitative estimate of drug-likeness (QED) is 0.775. The molecule has 0 aliphatic heterocycles. The highest BCUT2D eigenvalue weighted by molar-refractivity contribution is 9.10. The second-order valence-electron chi connectivity index (χ2n) is 4.55. The van der Waals surface area contributed by atoms with Crippen LogP contribution in [0.3, 0.4) is 0 Å². The van der Waals surface area contributed by atoms with Crippen molar-refractivity contribution < 1.29 is 4.79 Å². The maximum absolute atomic E-state index is 11.1. The molecule has 3 N–H and O–H groups in total. The fourth-order valence-corrected chi connectivity index (χ4v) is 2.63. The SMILES string of the molecule is NC(=O)c1ccc(Cc2nc3ccccc3[nH]2)c(Br)c1. The number of nitrogens with zero attached hydrogens (tertiary/aromatic N) is 1. The number of nitrogens with two attached hydrogens (primary N) is 1. The van der Waals surface area contributed by atoms with Gasteiger partial charge in [0.2, 0.25) is 5.91 Å². The van der Waals surface area contributed by atoms with Gasteiger partial charge >= 0.3 is 0 Å². The van der Waals surface area contributed by atoms with E-state index < -0.39 is 5.91 Å². The molecule has 4 nitrogen and oxygen atoms in total. The zero-order chi connectivity index (χ0) is 14.1. The summed E-state index contributed by atoms with van der Waals surface area (Å²) >= 11 is 3.47. The summed E-state index contributed by atoms with van der Waals surface area (Å²) in [5.41, 5.74) is 8.77. The Morgan fingerprint density at radius 1 is 1.25 bits per heavy atom. The van der Waals surface area contributed by atoms with Gasteiger partial charge < -0.3 is 10.7 Å². The normalized spacial score (nSPS) is 10.8. The smallest absolute Gasteiger partial charge is 0.248 e. The van der Waals surface area contributed by atoms with E-state index in [2.05, 4.69) is 25.9 Å². The second-order valence-corrected chi connectivity index (χ2v) is 5.40. The van der Waals surface area contributed by atoms with Gasteiger partial charge in [-0.3, -0.25) is 4.79 Å². The van der Waals surface area contributed by atoms with Crippen molar-refractivity contribution >= 4 is 32.9 Å². The third kappa shape index (κ3) is 2.44. The van der Waals surface area contributed by atoms with Crippen LogP contribution in [-0.4, -0.2) is 15.9 Å². The predicted octanol–water partition coefficient (Wildman–Crippen LogP) is 3.02. The second kappa shape index (κ2) is 5.09. The number of para-hydroxylation sites is 2. The topological polar surface area (TPSA) is 71.8 Å². The maximum atomic E-state index is 11.1. The van der Waals surface area contributed by atoms with Gasteiger partial charge in [0, 0.05) is 16.5 Å². The highest BCUT2D eigenvalue weighted by Crippen LogP contribution is 2.22. The molecule has 0 aliphatic rings. The van der Waals surface area contributed by atoms with Crippen molar-refractivity contribution in [2.75, 3.05) is 0 Å². The Morgan fingerprint density at radius 3 is 2.75 bits per heavy atom. The van der Waals surface area contributed by atoms with Crippen LogP contribution in [0.4, 0.5) is 0 Å². The van der Waals surface area contributed by atoms with Crippen LogP contribution < -0.4 is 5.73 Å². The Labute approximate surface area is 124 Å². The number of primary amides is 1. The summed E-state index contributed by atoms with van der Waals surface area (Å²) in [7, 11) is 0. The number of hydrogen-bond acceptors (Lipinski definition) is 2. The molecule has 1 amide bonds. The van der Waals surface area contributed by atoms with E-state index in [1.165, 1.54) is 0 Å². The first-order chi connectivity index (χ1) is 9.63. The Hall–Kier alpha value is -2.14. The lowest BCUT2D eigenvalue weighted by Gasteiger charge is -2.04. The van der Waals surface area contributed by atoms with E-state index >= 15 is 0 Å². The molecule has 0 bridgehead atoms. The van der Waals surface area contributed by atoms with E-state index in [0.717, 1.165) is 26.9 Å². The van der Waals surface area contributed by atoms with Crippen molar-refractivity contribution in [1.82, 2.24) is 9.97 Å². The van der Waals surface area contributed by atoms with Crippen molar-refractivity contribution in [1.29, 1.82) is 0 Å². The fourth-order valence-electron chi connectivity index (χ4n) is 2.11. The van der Waals surface area contributed by atoms with Crippen LogP contribution in [0.5, 0.6) is 0 Å².